The number of hydrazone groups is 1. The molecule has 0 saturated heterocycles. The molecule has 0 spiro atoms. The molecular weight excluding hydrogens is 324 g/mol. The topological polar surface area (TPSA) is 114 Å². The number of hydrogen-bond acceptors (Lipinski definition) is 5. The fourth-order valence-corrected chi connectivity index (χ4v) is 1.94. The minimum absolute atomic E-state index is 0.0218. The zero-order valence-electron chi connectivity index (χ0n) is 13.4. The van der Waals surface area contributed by atoms with E-state index in [0.717, 1.165) is 0 Å². The van der Waals surface area contributed by atoms with Crippen molar-refractivity contribution in [1.29, 1.82) is 0 Å². The van der Waals surface area contributed by atoms with Crippen molar-refractivity contribution in [3.63, 3.8) is 0 Å². The molecule has 0 heterocycles. The van der Waals surface area contributed by atoms with Gasteiger partial charge in [0.15, 0.2) is 0 Å². The maximum Gasteiger partial charge on any atom is 0.271 e. The fourth-order valence-electron chi connectivity index (χ4n) is 1.94. The minimum atomic E-state index is -0.516. The Morgan fingerprint density at radius 1 is 1.08 bits per heavy atom. The van der Waals surface area contributed by atoms with Crippen molar-refractivity contribution >= 4 is 28.9 Å². The van der Waals surface area contributed by atoms with Crippen LogP contribution in [0.25, 0.3) is 0 Å². The molecule has 2 aromatic carbocycles. The number of rotatable bonds is 6. The van der Waals surface area contributed by atoms with Crippen molar-refractivity contribution in [2.24, 2.45) is 5.10 Å². The Labute approximate surface area is 143 Å². The second kappa shape index (κ2) is 8.34. The van der Waals surface area contributed by atoms with Gasteiger partial charge in [-0.3, -0.25) is 19.7 Å². The number of hydrogen-bond donors (Lipinski definition) is 2. The van der Waals surface area contributed by atoms with Crippen molar-refractivity contribution in [3.8, 4) is 0 Å². The molecule has 2 aromatic rings. The molecule has 0 aliphatic rings. The molecule has 0 bridgehead atoms. The van der Waals surface area contributed by atoms with Gasteiger partial charge in [0.1, 0.15) is 0 Å². The van der Waals surface area contributed by atoms with Gasteiger partial charge in [0.2, 0.25) is 5.91 Å². The van der Waals surface area contributed by atoms with Crippen LogP contribution in [-0.2, 0) is 4.79 Å². The largest absolute Gasteiger partial charge is 0.326 e. The summed E-state index contributed by atoms with van der Waals surface area (Å²) in [6, 6.07) is 14.1. The molecule has 128 valence electrons. The molecule has 0 aliphatic heterocycles. The van der Waals surface area contributed by atoms with Crippen LogP contribution in [0.2, 0.25) is 0 Å². The molecule has 8 heteroatoms. The number of nitro groups is 1. The van der Waals surface area contributed by atoms with Crippen molar-refractivity contribution in [1.82, 2.24) is 5.43 Å². The van der Waals surface area contributed by atoms with Crippen LogP contribution >= 0.6 is 0 Å². The number of carbonyl (C=O) groups excluding carboxylic acids is 2. The molecule has 0 aliphatic carbocycles. The van der Waals surface area contributed by atoms with Crippen LogP contribution in [-0.4, -0.2) is 22.4 Å². The number of amides is 2. The highest BCUT2D eigenvalue weighted by atomic mass is 16.6. The normalized spacial score (nSPS) is 10.8. The Morgan fingerprint density at radius 2 is 1.72 bits per heavy atom. The van der Waals surface area contributed by atoms with E-state index in [1.807, 2.05) is 0 Å². The molecule has 8 nitrogen and oxygen atoms in total. The smallest absolute Gasteiger partial charge is 0.271 e. The highest BCUT2D eigenvalue weighted by Crippen LogP contribution is 2.15. The van der Waals surface area contributed by atoms with E-state index in [0.29, 0.717) is 17.0 Å². The highest BCUT2D eigenvalue weighted by Gasteiger charge is 2.08. The monoisotopic (exact) mass is 340 g/mol. The van der Waals surface area contributed by atoms with E-state index in [-0.39, 0.29) is 23.9 Å². The van der Waals surface area contributed by atoms with Gasteiger partial charge in [0.25, 0.3) is 11.6 Å². The Kier molecular flexibility index (Phi) is 5.94. The van der Waals surface area contributed by atoms with E-state index >= 15 is 0 Å². The van der Waals surface area contributed by atoms with Crippen molar-refractivity contribution in [2.45, 2.75) is 13.3 Å². The molecule has 0 atom stereocenters. The number of nitro benzene ring substituents is 1. The zero-order chi connectivity index (χ0) is 18.2. The van der Waals surface area contributed by atoms with Crippen LogP contribution in [0.4, 0.5) is 11.4 Å². The summed E-state index contributed by atoms with van der Waals surface area (Å²) in [6.45, 7) is 1.61. The molecule has 0 aromatic heterocycles. The van der Waals surface area contributed by atoms with E-state index in [4.69, 9.17) is 0 Å². The van der Waals surface area contributed by atoms with Crippen LogP contribution in [0.15, 0.2) is 59.7 Å². The lowest BCUT2D eigenvalue weighted by molar-refractivity contribution is -0.384. The Hall–Kier alpha value is -3.55. The van der Waals surface area contributed by atoms with E-state index in [1.54, 1.807) is 37.3 Å². The molecule has 0 saturated carbocycles. The molecule has 0 unspecified atom stereocenters. The molecular formula is C17H16N4O4. The van der Waals surface area contributed by atoms with Gasteiger partial charge in [-0.1, -0.05) is 18.2 Å². The van der Waals surface area contributed by atoms with Crippen LogP contribution < -0.4 is 10.7 Å². The Bertz CT molecular complexity index is 801. The van der Waals surface area contributed by atoms with Crippen molar-refractivity contribution < 1.29 is 14.5 Å². The second-order valence-electron chi connectivity index (χ2n) is 5.18. The van der Waals surface area contributed by atoms with Crippen molar-refractivity contribution in [2.75, 3.05) is 5.32 Å². The van der Waals surface area contributed by atoms with Gasteiger partial charge in [-0.25, -0.2) is 5.43 Å². The summed E-state index contributed by atoms with van der Waals surface area (Å²) < 4.78 is 0. The number of anilines is 1. The van der Waals surface area contributed by atoms with Crippen molar-refractivity contribution in [3.05, 3.63) is 70.3 Å². The average Bonchev–Trinajstić information content (AvgIpc) is 2.60. The van der Waals surface area contributed by atoms with Gasteiger partial charge in [0, 0.05) is 29.1 Å². The fraction of sp³-hybridized carbons (Fsp3) is 0.118. The first-order valence-electron chi connectivity index (χ1n) is 7.38. The molecule has 2 N–H and O–H groups in total. The summed E-state index contributed by atoms with van der Waals surface area (Å²) in [5.41, 5.74) is 3.65. The van der Waals surface area contributed by atoms with Gasteiger partial charge < -0.3 is 5.32 Å². The summed E-state index contributed by atoms with van der Waals surface area (Å²) in [6.07, 6.45) is -0.0218. The molecule has 2 amide bonds. The predicted molar refractivity (Wildman–Crippen MR) is 93.4 cm³/mol. The van der Waals surface area contributed by atoms with Crippen LogP contribution in [0.3, 0.4) is 0 Å². The van der Waals surface area contributed by atoms with E-state index in [2.05, 4.69) is 15.8 Å². The first-order valence-corrected chi connectivity index (χ1v) is 7.38. The molecule has 0 fully saturated rings. The summed E-state index contributed by atoms with van der Waals surface area (Å²) in [4.78, 5) is 33.8. The maximum atomic E-state index is 11.9. The van der Waals surface area contributed by atoms with Crippen LogP contribution in [0.1, 0.15) is 23.7 Å². The predicted octanol–water partition coefficient (Wildman–Crippen LogP) is 2.73. The first kappa shape index (κ1) is 17.8. The molecule has 0 radical (unpaired) electrons. The lowest BCUT2D eigenvalue weighted by atomic mass is 10.2. The maximum absolute atomic E-state index is 11.9. The van der Waals surface area contributed by atoms with Crippen LogP contribution in [0, 0.1) is 10.1 Å². The quantitative estimate of drug-likeness (QED) is 0.478. The third-order valence-electron chi connectivity index (χ3n) is 3.16. The van der Waals surface area contributed by atoms with Gasteiger partial charge in [-0.15, -0.1) is 0 Å². The lowest BCUT2D eigenvalue weighted by Crippen LogP contribution is -2.21. The number of nitrogens with one attached hydrogen (secondary N) is 2. The average molecular weight is 340 g/mol. The second-order valence-corrected chi connectivity index (χ2v) is 5.18. The van der Waals surface area contributed by atoms with E-state index in [9.17, 15) is 19.7 Å². The third kappa shape index (κ3) is 5.54. The SMILES string of the molecule is CC(CC(=O)Nc1ccc([N+](=O)[O-])cc1)=NNC(=O)c1ccccc1. The number of benzene rings is 2. The minimum Gasteiger partial charge on any atom is -0.326 e. The lowest BCUT2D eigenvalue weighted by Gasteiger charge is -2.05. The standard InChI is InChI=1S/C17H16N4O4/c1-12(19-20-17(23)13-5-3-2-4-6-13)11-16(22)18-14-7-9-15(10-8-14)21(24)25/h2-10H,11H2,1H3,(H,18,22)(H,20,23). The summed E-state index contributed by atoms with van der Waals surface area (Å²) >= 11 is 0. The van der Waals surface area contributed by atoms with Gasteiger partial charge >= 0.3 is 0 Å². The molecule has 25 heavy (non-hydrogen) atoms. The number of nitrogens with zero attached hydrogens (tertiary/aromatic N) is 2. The number of non-ortho nitro benzene ring substituents is 1. The van der Waals surface area contributed by atoms with E-state index < -0.39 is 4.92 Å². The van der Waals surface area contributed by atoms with E-state index in [1.165, 1.54) is 24.3 Å². The zero-order valence-corrected chi connectivity index (χ0v) is 13.4. The van der Waals surface area contributed by atoms with Gasteiger partial charge in [-0.2, -0.15) is 5.10 Å². The first-order chi connectivity index (χ1) is 12.0. The third-order valence-corrected chi connectivity index (χ3v) is 3.16. The van der Waals surface area contributed by atoms with Gasteiger partial charge in [-0.05, 0) is 31.2 Å². The highest BCUT2D eigenvalue weighted by molar-refractivity contribution is 6.06. The summed E-state index contributed by atoms with van der Waals surface area (Å²) in [7, 11) is 0. The number of carbonyl (C=O) groups is 2. The molecule has 2 rings (SSSR count). The summed E-state index contributed by atoms with van der Waals surface area (Å²) in [5, 5.41) is 17.1. The Balaban J connectivity index is 1.86. The van der Waals surface area contributed by atoms with Gasteiger partial charge in [0.05, 0.1) is 11.3 Å². The van der Waals surface area contributed by atoms with Crippen LogP contribution in [0.5, 0.6) is 0 Å². The summed E-state index contributed by atoms with van der Waals surface area (Å²) in [5.74, 6) is -0.709. The Morgan fingerprint density at radius 3 is 2.32 bits per heavy atom.